The lowest BCUT2D eigenvalue weighted by molar-refractivity contribution is 0.371. The molecule has 3 nitrogen and oxygen atoms in total. The van der Waals surface area contributed by atoms with Crippen molar-refractivity contribution in [1.82, 2.24) is 4.31 Å². The van der Waals surface area contributed by atoms with Gasteiger partial charge in [-0.1, -0.05) is 6.92 Å². The molecule has 0 fully saturated rings. The minimum absolute atomic E-state index is 0.0104. The van der Waals surface area contributed by atoms with Gasteiger partial charge in [-0.3, -0.25) is 0 Å². The lowest BCUT2D eigenvalue weighted by Crippen LogP contribution is -2.37. The number of hydrogen-bond acceptors (Lipinski definition) is 2. The summed E-state index contributed by atoms with van der Waals surface area (Å²) >= 11 is 5.28. The second kappa shape index (κ2) is 4.28. The van der Waals surface area contributed by atoms with Crippen molar-refractivity contribution in [2.45, 2.75) is 26.8 Å². The van der Waals surface area contributed by atoms with Gasteiger partial charge in [0.25, 0.3) is 0 Å². The van der Waals surface area contributed by atoms with E-state index < -0.39 is 10.0 Å². The summed E-state index contributed by atoms with van der Waals surface area (Å²) in [5.41, 5.74) is 0. The molecule has 0 rings (SSSR count). The summed E-state index contributed by atoms with van der Waals surface area (Å²) in [5, 5.41) is -0.334. The number of nitrogens with zero attached hydrogens (tertiary/aromatic N) is 1. The first-order valence-corrected chi connectivity index (χ1v) is 5.65. The van der Waals surface area contributed by atoms with Crippen molar-refractivity contribution in [2.24, 2.45) is 0 Å². The van der Waals surface area contributed by atoms with E-state index in [1.807, 2.05) is 13.8 Å². The molecule has 0 aromatic heterocycles. The molecule has 11 heavy (non-hydrogen) atoms. The Balaban J connectivity index is 4.51. The predicted octanol–water partition coefficient (Wildman–Crippen LogP) is 1.24. The van der Waals surface area contributed by atoms with Gasteiger partial charge < -0.3 is 0 Å². The fourth-order valence-electron chi connectivity index (χ4n) is 0.946. The number of alkyl halides is 1. The van der Waals surface area contributed by atoms with Crippen LogP contribution in [0.3, 0.4) is 0 Å². The predicted molar refractivity (Wildman–Crippen MR) is 47.2 cm³/mol. The highest BCUT2D eigenvalue weighted by molar-refractivity contribution is 7.90. The zero-order valence-corrected chi connectivity index (χ0v) is 8.61. The van der Waals surface area contributed by atoms with Crippen LogP contribution in [0.25, 0.3) is 0 Å². The summed E-state index contributed by atoms with van der Waals surface area (Å²) in [6, 6.07) is -0.0104. The Morgan fingerprint density at radius 3 is 2.00 bits per heavy atom. The van der Waals surface area contributed by atoms with E-state index in [2.05, 4.69) is 0 Å². The van der Waals surface area contributed by atoms with Crippen LogP contribution >= 0.6 is 11.6 Å². The van der Waals surface area contributed by atoms with E-state index in [-0.39, 0.29) is 11.3 Å². The van der Waals surface area contributed by atoms with Gasteiger partial charge in [0.05, 0.1) is 0 Å². The molecule has 0 spiro atoms. The van der Waals surface area contributed by atoms with Crippen LogP contribution in [-0.4, -0.2) is 30.5 Å². The molecule has 0 radical (unpaired) electrons. The van der Waals surface area contributed by atoms with Crippen molar-refractivity contribution in [3.63, 3.8) is 0 Å². The topological polar surface area (TPSA) is 37.4 Å². The molecule has 0 aliphatic rings. The molecule has 5 heteroatoms. The van der Waals surface area contributed by atoms with Gasteiger partial charge in [-0.2, -0.15) is 4.31 Å². The number of rotatable bonds is 4. The minimum atomic E-state index is -3.21. The van der Waals surface area contributed by atoms with Crippen LogP contribution in [0.15, 0.2) is 0 Å². The third-order valence-corrected chi connectivity index (χ3v) is 3.88. The normalized spacial score (nSPS) is 12.9. The molecule has 0 heterocycles. The van der Waals surface area contributed by atoms with Crippen molar-refractivity contribution in [3.8, 4) is 0 Å². The summed E-state index contributed by atoms with van der Waals surface area (Å²) in [7, 11) is -3.21. The van der Waals surface area contributed by atoms with Gasteiger partial charge in [-0.15, -0.1) is 11.6 Å². The van der Waals surface area contributed by atoms with Crippen molar-refractivity contribution in [2.75, 3.05) is 11.8 Å². The Labute approximate surface area is 73.4 Å². The van der Waals surface area contributed by atoms with Crippen LogP contribution in [-0.2, 0) is 10.0 Å². The highest BCUT2D eigenvalue weighted by atomic mass is 35.5. The van der Waals surface area contributed by atoms with Gasteiger partial charge in [0.2, 0.25) is 10.0 Å². The first kappa shape index (κ1) is 11.2. The highest BCUT2D eigenvalue weighted by Crippen LogP contribution is 2.07. The smallest absolute Gasteiger partial charge is 0.211 e. The third kappa shape index (κ3) is 2.97. The summed E-state index contributed by atoms with van der Waals surface area (Å²) in [4.78, 5) is 0. The minimum Gasteiger partial charge on any atom is -0.211 e. The van der Waals surface area contributed by atoms with E-state index in [4.69, 9.17) is 11.6 Å². The maximum atomic E-state index is 11.2. The van der Waals surface area contributed by atoms with Gasteiger partial charge in [-0.05, 0) is 13.8 Å². The lowest BCUT2D eigenvalue weighted by Gasteiger charge is -2.22. The molecule has 0 aliphatic carbocycles. The van der Waals surface area contributed by atoms with Gasteiger partial charge in [-0.25, -0.2) is 8.42 Å². The van der Waals surface area contributed by atoms with Gasteiger partial charge in [0.1, 0.15) is 5.21 Å². The lowest BCUT2D eigenvalue weighted by atomic mass is 10.4. The van der Waals surface area contributed by atoms with Gasteiger partial charge >= 0.3 is 0 Å². The van der Waals surface area contributed by atoms with Crippen molar-refractivity contribution >= 4 is 21.6 Å². The summed E-state index contributed by atoms with van der Waals surface area (Å²) in [5.74, 6) is 0. The molecule has 0 aromatic rings. The van der Waals surface area contributed by atoms with Crippen LogP contribution < -0.4 is 0 Å². The molecule has 0 saturated carbocycles. The standard InChI is InChI=1S/C6H14ClNO2S/c1-4-8(6(2)3)11(9,10)5-7/h6H,4-5H2,1-3H3. The van der Waals surface area contributed by atoms with Crippen molar-refractivity contribution in [3.05, 3.63) is 0 Å². The Kier molecular flexibility index (Phi) is 4.36. The van der Waals surface area contributed by atoms with E-state index in [1.54, 1.807) is 6.92 Å². The maximum absolute atomic E-state index is 11.2. The zero-order chi connectivity index (χ0) is 9.07. The molecule has 0 aromatic carbocycles. The molecule has 0 amide bonds. The zero-order valence-electron chi connectivity index (χ0n) is 7.04. The van der Waals surface area contributed by atoms with Crippen LogP contribution in [0.2, 0.25) is 0 Å². The summed E-state index contributed by atoms with van der Waals surface area (Å²) < 4.78 is 23.7. The quantitative estimate of drug-likeness (QED) is 0.639. The number of sulfonamides is 1. The molecule has 0 atom stereocenters. The van der Waals surface area contributed by atoms with Crippen LogP contribution in [0.5, 0.6) is 0 Å². The molecule has 0 unspecified atom stereocenters. The highest BCUT2D eigenvalue weighted by Gasteiger charge is 2.21. The summed E-state index contributed by atoms with van der Waals surface area (Å²) in [6.07, 6.45) is 0. The molecule has 68 valence electrons. The molecule has 0 N–H and O–H groups in total. The number of hydrogen-bond donors (Lipinski definition) is 0. The van der Waals surface area contributed by atoms with Crippen LogP contribution in [0.4, 0.5) is 0 Å². The van der Waals surface area contributed by atoms with Gasteiger partial charge in [0.15, 0.2) is 0 Å². The average Bonchev–Trinajstić information content (AvgIpc) is 1.88. The van der Waals surface area contributed by atoms with Crippen LogP contribution in [0.1, 0.15) is 20.8 Å². The average molecular weight is 200 g/mol. The van der Waals surface area contributed by atoms with E-state index in [0.717, 1.165) is 0 Å². The third-order valence-electron chi connectivity index (χ3n) is 1.38. The molecular weight excluding hydrogens is 186 g/mol. The Hall–Kier alpha value is 0.200. The van der Waals surface area contributed by atoms with Crippen LogP contribution in [0, 0.1) is 0 Å². The Morgan fingerprint density at radius 1 is 1.45 bits per heavy atom. The second-order valence-electron chi connectivity index (χ2n) is 2.52. The fraction of sp³-hybridized carbons (Fsp3) is 1.00. The van der Waals surface area contributed by atoms with Crippen molar-refractivity contribution < 1.29 is 8.42 Å². The first-order valence-electron chi connectivity index (χ1n) is 3.51. The maximum Gasteiger partial charge on any atom is 0.228 e. The summed E-state index contributed by atoms with van der Waals surface area (Å²) in [6.45, 7) is 5.93. The second-order valence-corrected chi connectivity index (χ2v) is 5.02. The van der Waals surface area contributed by atoms with E-state index in [9.17, 15) is 8.42 Å². The molecule has 0 bridgehead atoms. The Bertz CT molecular complexity index is 201. The largest absolute Gasteiger partial charge is 0.228 e. The monoisotopic (exact) mass is 199 g/mol. The SMILES string of the molecule is CCN(C(C)C)S(=O)(=O)CCl. The van der Waals surface area contributed by atoms with Crippen molar-refractivity contribution in [1.29, 1.82) is 0 Å². The molecule has 0 saturated heterocycles. The number of halogens is 1. The molecular formula is C6H14ClNO2S. The Morgan fingerprint density at radius 2 is 1.91 bits per heavy atom. The fourth-order valence-corrected chi connectivity index (χ4v) is 2.48. The van der Waals surface area contributed by atoms with Gasteiger partial charge in [0, 0.05) is 12.6 Å². The van der Waals surface area contributed by atoms with E-state index in [1.165, 1.54) is 4.31 Å². The van der Waals surface area contributed by atoms with E-state index >= 15 is 0 Å². The van der Waals surface area contributed by atoms with E-state index in [0.29, 0.717) is 6.54 Å². The molecule has 0 aliphatic heterocycles. The first-order chi connectivity index (χ1) is 4.95.